The highest BCUT2D eigenvalue weighted by atomic mass is 15.1. The zero-order valence-corrected chi connectivity index (χ0v) is 10.7. The van der Waals surface area contributed by atoms with Crippen LogP contribution in [0.5, 0.6) is 0 Å². The molecule has 0 amide bonds. The molecular weight excluding hydrogens is 186 g/mol. The molecule has 0 aromatic carbocycles. The molecule has 0 spiro atoms. The molecule has 0 unspecified atom stereocenters. The second kappa shape index (κ2) is 7.69. The van der Waals surface area contributed by atoms with Crippen LogP contribution in [0.2, 0.25) is 0 Å². The first-order valence-electron chi connectivity index (χ1n) is 6.00. The summed E-state index contributed by atoms with van der Waals surface area (Å²) >= 11 is 0. The minimum absolute atomic E-state index is 0.315. The van der Waals surface area contributed by atoms with Crippen LogP contribution in [0.15, 0.2) is 0 Å². The minimum Gasteiger partial charge on any atom is -0.388 e. The molecule has 3 N–H and O–H groups in total. The van der Waals surface area contributed by atoms with Crippen molar-refractivity contribution in [2.45, 2.75) is 53.0 Å². The van der Waals surface area contributed by atoms with Crippen molar-refractivity contribution in [1.82, 2.24) is 4.90 Å². The molecule has 0 aliphatic rings. The van der Waals surface area contributed by atoms with E-state index >= 15 is 0 Å². The molecule has 0 heterocycles. The third-order valence-corrected chi connectivity index (χ3v) is 2.47. The monoisotopic (exact) mass is 213 g/mol. The predicted octanol–water partition coefficient (Wildman–Crippen LogP) is 2.46. The molecule has 0 rings (SSSR count). The summed E-state index contributed by atoms with van der Waals surface area (Å²) in [4.78, 5) is 2.50. The lowest BCUT2D eigenvalue weighted by Gasteiger charge is -2.28. The summed E-state index contributed by atoms with van der Waals surface area (Å²) in [6.45, 7) is 11.3. The Labute approximate surface area is 94.5 Å². The zero-order valence-electron chi connectivity index (χ0n) is 10.7. The maximum Gasteiger partial charge on any atom is 0.0905 e. The molecule has 0 aromatic heterocycles. The summed E-state index contributed by atoms with van der Waals surface area (Å²) < 4.78 is 0. The maximum absolute atomic E-state index is 7.14. The van der Waals surface area contributed by atoms with Gasteiger partial charge in [0, 0.05) is 19.0 Å². The number of nitrogens with two attached hydrogens (primary N) is 1. The molecule has 0 aliphatic heterocycles. The van der Waals surface area contributed by atoms with Crippen molar-refractivity contribution in [3.8, 4) is 0 Å². The quantitative estimate of drug-likeness (QED) is 0.370. The van der Waals surface area contributed by atoms with E-state index in [0.717, 1.165) is 38.3 Å². The molecule has 0 saturated heterocycles. The number of nitrogens with zero attached hydrogens (tertiary/aromatic N) is 1. The van der Waals surface area contributed by atoms with Crippen LogP contribution in [-0.2, 0) is 0 Å². The van der Waals surface area contributed by atoms with E-state index in [4.69, 9.17) is 11.1 Å². The molecule has 0 bridgehead atoms. The van der Waals surface area contributed by atoms with Crippen molar-refractivity contribution in [3.63, 3.8) is 0 Å². The summed E-state index contributed by atoms with van der Waals surface area (Å²) in [6, 6.07) is 0.615. The first kappa shape index (κ1) is 14.4. The summed E-state index contributed by atoms with van der Waals surface area (Å²) in [7, 11) is 0. The van der Waals surface area contributed by atoms with Crippen LogP contribution in [0.3, 0.4) is 0 Å². The van der Waals surface area contributed by atoms with E-state index in [2.05, 4.69) is 32.6 Å². The van der Waals surface area contributed by atoms with Crippen LogP contribution in [0, 0.1) is 11.3 Å². The van der Waals surface area contributed by atoms with E-state index in [1.165, 1.54) is 0 Å². The Morgan fingerprint density at radius 3 is 2.20 bits per heavy atom. The van der Waals surface area contributed by atoms with Crippen LogP contribution >= 0.6 is 0 Å². The number of hydrogen-bond donors (Lipinski definition) is 2. The van der Waals surface area contributed by atoms with E-state index < -0.39 is 0 Å². The Kier molecular flexibility index (Phi) is 7.39. The van der Waals surface area contributed by atoms with Gasteiger partial charge in [-0.25, -0.2) is 0 Å². The standard InChI is InChI=1S/C12H27N3/c1-10(2)9-15(11(3)4)8-6-5-7-12(13)14/h10-11H,5-9H2,1-4H3,(H3,13,14). The topological polar surface area (TPSA) is 53.1 Å². The molecule has 3 heteroatoms. The van der Waals surface area contributed by atoms with Crippen LogP contribution in [0.4, 0.5) is 0 Å². The fourth-order valence-electron chi connectivity index (χ4n) is 1.66. The molecule has 0 radical (unpaired) electrons. The van der Waals surface area contributed by atoms with E-state index in [9.17, 15) is 0 Å². The normalized spacial score (nSPS) is 11.7. The lowest BCUT2D eigenvalue weighted by Crippen LogP contribution is -2.35. The zero-order chi connectivity index (χ0) is 11.8. The summed E-state index contributed by atoms with van der Waals surface area (Å²) in [5.41, 5.74) is 5.32. The van der Waals surface area contributed by atoms with E-state index in [1.54, 1.807) is 0 Å². The van der Waals surface area contributed by atoms with Gasteiger partial charge in [0.2, 0.25) is 0 Å². The van der Waals surface area contributed by atoms with Gasteiger partial charge in [-0.2, -0.15) is 0 Å². The van der Waals surface area contributed by atoms with Gasteiger partial charge < -0.3 is 10.6 Å². The van der Waals surface area contributed by atoms with E-state index in [-0.39, 0.29) is 0 Å². The van der Waals surface area contributed by atoms with E-state index in [1.807, 2.05) is 0 Å². The smallest absolute Gasteiger partial charge is 0.0905 e. The summed E-state index contributed by atoms with van der Waals surface area (Å²) in [5.74, 6) is 1.04. The molecular formula is C12H27N3. The van der Waals surface area contributed by atoms with Crippen molar-refractivity contribution >= 4 is 5.84 Å². The van der Waals surface area contributed by atoms with Gasteiger partial charge in [-0.1, -0.05) is 13.8 Å². The van der Waals surface area contributed by atoms with Crippen molar-refractivity contribution in [2.24, 2.45) is 11.7 Å². The number of hydrogen-bond acceptors (Lipinski definition) is 2. The molecule has 0 atom stereocenters. The lowest BCUT2D eigenvalue weighted by molar-refractivity contribution is 0.194. The Morgan fingerprint density at radius 2 is 1.80 bits per heavy atom. The van der Waals surface area contributed by atoms with Gasteiger partial charge in [0.05, 0.1) is 5.84 Å². The van der Waals surface area contributed by atoms with Gasteiger partial charge >= 0.3 is 0 Å². The van der Waals surface area contributed by atoms with Crippen LogP contribution < -0.4 is 5.73 Å². The minimum atomic E-state index is 0.315. The SMILES string of the molecule is CC(C)CN(CCCCC(=N)N)C(C)C. The Hall–Kier alpha value is -0.570. The molecule has 0 aromatic rings. The van der Waals surface area contributed by atoms with E-state index in [0.29, 0.717) is 11.9 Å². The molecule has 0 aliphatic carbocycles. The number of unbranched alkanes of at least 4 members (excludes halogenated alkanes) is 1. The number of amidine groups is 1. The second-order valence-electron chi connectivity index (χ2n) is 4.96. The van der Waals surface area contributed by atoms with Gasteiger partial charge in [0.1, 0.15) is 0 Å². The van der Waals surface area contributed by atoms with Crippen molar-refractivity contribution in [2.75, 3.05) is 13.1 Å². The van der Waals surface area contributed by atoms with Gasteiger partial charge in [0.15, 0.2) is 0 Å². The third kappa shape index (κ3) is 8.43. The van der Waals surface area contributed by atoms with Crippen LogP contribution in [0.25, 0.3) is 0 Å². The molecule has 0 fully saturated rings. The second-order valence-corrected chi connectivity index (χ2v) is 4.96. The molecule has 3 nitrogen and oxygen atoms in total. The van der Waals surface area contributed by atoms with Gasteiger partial charge in [-0.05, 0) is 39.2 Å². The van der Waals surface area contributed by atoms with Crippen LogP contribution in [-0.4, -0.2) is 29.9 Å². The van der Waals surface area contributed by atoms with Gasteiger partial charge in [-0.15, -0.1) is 0 Å². The highest BCUT2D eigenvalue weighted by molar-refractivity contribution is 5.76. The largest absolute Gasteiger partial charge is 0.388 e. The molecule has 15 heavy (non-hydrogen) atoms. The highest BCUT2D eigenvalue weighted by Gasteiger charge is 2.10. The Bertz CT molecular complexity index is 176. The fraction of sp³-hybridized carbons (Fsp3) is 0.917. The predicted molar refractivity (Wildman–Crippen MR) is 67.3 cm³/mol. The third-order valence-electron chi connectivity index (χ3n) is 2.47. The Balaban J connectivity index is 3.71. The van der Waals surface area contributed by atoms with Crippen molar-refractivity contribution in [1.29, 1.82) is 5.41 Å². The molecule has 0 saturated carbocycles. The number of rotatable bonds is 8. The lowest BCUT2D eigenvalue weighted by atomic mass is 10.1. The summed E-state index contributed by atoms with van der Waals surface area (Å²) in [6.07, 6.45) is 2.93. The first-order chi connectivity index (χ1) is 6.93. The number of nitrogens with one attached hydrogen (secondary N) is 1. The van der Waals surface area contributed by atoms with Gasteiger partial charge in [-0.3, -0.25) is 5.41 Å². The van der Waals surface area contributed by atoms with Crippen molar-refractivity contribution in [3.05, 3.63) is 0 Å². The Morgan fingerprint density at radius 1 is 1.20 bits per heavy atom. The van der Waals surface area contributed by atoms with Crippen LogP contribution in [0.1, 0.15) is 47.0 Å². The average Bonchev–Trinajstić information content (AvgIpc) is 2.08. The van der Waals surface area contributed by atoms with Crippen molar-refractivity contribution < 1.29 is 0 Å². The average molecular weight is 213 g/mol. The maximum atomic E-state index is 7.14. The molecule has 90 valence electrons. The first-order valence-corrected chi connectivity index (χ1v) is 6.00. The van der Waals surface area contributed by atoms with Gasteiger partial charge in [0.25, 0.3) is 0 Å². The highest BCUT2D eigenvalue weighted by Crippen LogP contribution is 2.06. The fourth-order valence-corrected chi connectivity index (χ4v) is 1.66. The summed E-state index contributed by atoms with van der Waals surface area (Å²) in [5, 5.41) is 7.14.